The fraction of sp³-hybridized carbons (Fsp3) is 0.571. The summed E-state index contributed by atoms with van der Waals surface area (Å²) in [7, 11) is 1.99. The molecular weight excluding hydrogens is 231 g/mol. The van der Waals surface area contributed by atoms with Gasteiger partial charge in [0.15, 0.2) is 0 Å². The molecule has 1 fully saturated rings. The van der Waals surface area contributed by atoms with E-state index in [0.29, 0.717) is 6.54 Å². The SMILES string of the molecule is CN(c1cccc(F)c1)C1(CN)CCCOCC1. The third kappa shape index (κ3) is 2.65. The zero-order valence-corrected chi connectivity index (χ0v) is 10.9. The largest absolute Gasteiger partial charge is 0.381 e. The summed E-state index contributed by atoms with van der Waals surface area (Å²) in [6.07, 6.45) is 2.86. The lowest BCUT2D eigenvalue weighted by molar-refractivity contribution is 0.139. The van der Waals surface area contributed by atoms with E-state index in [-0.39, 0.29) is 11.4 Å². The Labute approximate surface area is 108 Å². The van der Waals surface area contributed by atoms with Gasteiger partial charge in [-0.05, 0) is 37.5 Å². The first-order chi connectivity index (χ1) is 8.68. The molecule has 1 aromatic rings. The Hall–Kier alpha value is -1.13. The van der Waals surface area contributed by atoms with Crippen LogP contribution in [0, 0.1) is 5.82 Å². The number of hydrogen-bond acceptors (Lipinski definition) is 3. The highest BCUT2D eigenvalue weighted by atomic mass is 19.1. The first kappa shape index (κ1) is 13.3. The van der Waals surface area contributed by atoms with Crippen LogP contribution < -0.4 is 10.6 Å². The number of nitrogens with two attached hydrogens (primary N) is 1. The van der Waals surface area contributed by atoms with Gasteiger partial charge in [-0.25, -0.2) is 4.39 Å². The average Bonchev–Trinajstić information content (AvgIpc) is 2.64. The topological polar surface area (TPSA) is 38.5 Å². The van der Waals surface area contributed by atoms with E-state index in [0.717, 1.165) is 38.2 Å². The molecule has 4 heteroatoms. The molecule has 100 valence electrons. The van der Waals surface area contributed by atoms with Gasteiger partial charge in [0.05, 0.1) is 5.54 Å². The van der Waals surface area contributed by atoms with E-state index in [1.54, 1.807) is 12.1 Å². The monoisotopic (exact) mass is 252 g/mol. The van der Waals surface area contributed by atoms with Crippen LogP contribution in [0.2, 0.25) is 0 Å². The van der Waals surface area contributed by atoms with Gasteiger partial charge in [0.1, 0.15) is 5.82 Å². The molecule has 1 aliphatic rings. The number of ether oxygens (including phenoxy) is 1. The molecule has 0 amide bonds. The lowest BCUT2D eigenvalue weighted by Gasteiger charge is -2.42. The highest BCUT2D eigenvalue weighted by Gasteiger charge is 2.34. The minimum Gasteiger partial charge on any atom is -0.381 e. The van der Waals surface area contributed by atoms with Gasteiger partial charge in [-0.2, -0.15) is 0 Å². The molecule has 3 nitrogen and oxygen atoms in total. The van der Waals surface area contributed by atoms with Gasteiger partial charge in [0.2, 0.25) is 0 Å². The Balaban J connectivity index is 2.25. The normalized spacial score (nSPS) is 24.6. The molecule has 0 aliphatic carbocycles. The van der Waals surface area contributed by atoms with Gasteiger partial charge in [-0.3, -0.25) is 0 Å². The molecule has 1 saturated heterocycles. The molecule has 1 heterocycles. The molecule has 2 rings (SSSR count). The molecule has 1 atom stereocenters. The van der Waals surface area contributed by atoms with E-state index in [1.165, 1.54) is 6.07 Å². The van der Waals surface area contributed by atoms with Crippen LogP contribution in [-0.4, -0.2) is 32.3 Å². The van der Waals surface area contributed by atoms with Gasteiger partial charge < -0.3 is 15.4 Å². The maximum absolute atomic E-state index is 13.3. The van der Waals surface area contributed by atoms with Crippen LogP contribution >= 0.6 is 0 Å². The van der Waals surface area contributed by atoms with E-state index in [4.69, 9.17) is 10.5 Å². The van der Waals surface area contributed by atoms with Crippen molar-refractivity contribution in [3.63, 3.8) is 0 Å². The molecule has 1 unspecified atom stereocenters. The Bertz CT molecular complexity index is 389. The fourth-order valence-electron chi connectivity index (χ4n) is 2.63. The zero-order valence-electron chi connectivity index (χ0n) is 10.9. The fourth-order valence-corrected chi connectivity index (χ4v) is 2.63. The van der Waals surface area contributed by atoms with E-state index in [1.807, 2.05) is 13.1 Å². The molecule has 0 saturated carbocycles. The van der Waals surface area contributed by atoms with Crippen LogP contribution in [0.5, 0.6) is 0 Å². The molecule has 18 heavy (non-hydrogen) atoms. The third-order valence-corrected chi connectivity index (χ3v) is 3.93. The first-order valence-electron chi connectivity index (χ1n) is 6.45. The number of halogens is 1. The minimum atomic E-state index is -0.212. The van der Waals surface area contributed by atoms with Gasteiger partial charge in [0, 0.05) is 32.5 Å². The Morgan fingerprint density at radius 1 is 1.39 bits per heavy atom. The molecular formula is C14H21FN2O. The maximum atomic E-state index is 13.3. The van der Waals surface area contributed by atoms with Crippen molar-refractivity contribution in [1.82, 2.24) is 0 Å². The van der Waals surface area contributed by atoms with Crippen LogP contribution in [0.3, 0.4) is 0 Å². The van der Waals surface area contributed by atoms with Crippen molar-refractivity contribution < 1.29 is 9.13 Å². The van der Waals surface area contributed by atoms with Crippen LogP contribution in [0.15, 0.2) is 24.3 Å². The number of benzene rings is 1. The Kier molecular flexibility index (Phi) is 4.19. The van der Waals surface area contributed by atoms with Crippen molar-refractivity contribution in [1.29, 1.82) is 0 Å². The molecule has 1 aliphatic heterocycles. The second-order valence-electron chi connectivity index (χ2n) is 4.93. The smallest absolute Gasteiger partial charge is 0.125 e. The summed E-state index contributed by atoms with van der Waals surface area (Å²) >= 11 is 0. The molecule has 0 spiro atoms. The van der Waals surface area contributed by atoms with Crippen molar-refractivity contribution in [3.8, 4) is 0 Å². The molecule has 0 bridgehead atoms. The van der Waals surface area contributed by atoms with E-state index in [9.17, 15) is 4.39 Å². The Morgan fingerprint density at radius 2 is 2.22 bits per heavy atom. The lowest BCUT2D eigenvalue weighted by Crippen LogP contribution is -2.52. The second-order valence-corrected chi connectivity index (χ2v) is 4.93. The van der Waals surface area contributed by atoms with Crippen molar-refractivity contribution >= 4 is 5.69 Å². The van der Waals surface area contributed by atoms with Crippen molar-refractivity contribution in [3.05, 3.63) is 30.1 Å². The Morgan fingerprint density at radius 3 is 2.94 bits per heavy atom. The number of nitrogens with zero attached hydrogens (tertiary/aromatic N) is 1. The standard InChI is InChI=1S/C14H21FN2O/c1-17(13-5-2-4-12(15)10-13)14(11-16)6-3-8-18-9-7-14/h2,4-5,10H,3,6-9,11,16H2,1H3. The summed E-state index contributed by atoms with van der Waals surface area (Å²) in [5.74, 6) is -0.212. The quantitative estimate of drug-likeness (QED) is 0.896. The van der Waals surface area contributed by atoms with Gasteiger partial charge in [0.25, 0.3) is 0 Å². The van der Waals surface area contributed by atoms with E-state index in [2.05, 4.69) is 4.90 Å². The molecule has 2 N–H and O–H groups in total. The predicted molar refractivity (Wildman–Crippen MR) is 71.3 cm³/mol. The number of anilines is 1. The van der Waals surface area contributed by atoms with Crippen LogP contribution in [0.25, 0.3) is 0 Å². The highest BCUT2D eigenvalue weighted by Crippen LogP contribution is 2.31. The van der Waals surface area contributed by atoms with Crippen molar-refractivity contribution in [2.45, 2.75) is 24.8 Å². The summed E-state index contributed by atoms with van der Waals surface area (Å²) in [5.41, 5.74) is 6.75. The third-order valence-electron chi connectivity index (χ3n) is 3.93. The summed E-state index contributed by atoms with van der Waals surface area (Å²) in [6, 6.07) is 6.68. The lowest BCUT2D eigenvalue weighted by atomic mass is 9.88. The summed E-state index contributed by atoms with van der Waals surface area (Å²) in [6.45, 7) is 2.07. The summed E-state index contributed by atoms with van der Waals surface area (Å²) in [5, 5.41) is 0. The number of hydrogen-bond donors (Lipinski definition) is 1. The molecule has 1 aromatic carbocycles. The van der Waals surface area contributed by atoms with E-state index >= 15 is 0 Å². The van der Waals surface area contributed by atoms with Crippen molar-refractivity contribution in [2.75, 3.05) is 31.7 Å². The maximum Gasteiger partial charge on any atom is 0.125 e. The summed E-state index contributed by atoms with van der Waals surface area (Å²) < 4.78 is 18.8. The first-order valence-corrected chi connectivity index (χ1v) is 6.45. The number of likely N-dealkylation sites (N-methyl/N-ethyl adjacent to an activating group) is 1. The van der Waals surface area contributed by atoms with Crippen LogP contribution in [-0.2, 0) is 4.74 Å². The second kappa shape index (κ2) is 5.67. The predicted octanol–water partition coefficient (Wildman–Crippen LogP) is 2.16. The molecule has 0 aromatic heterocycles. The highest BCUT2D eigenvalue weighted by molar-refractivity contribution is 5.48. The van der Waals surface area contributed by atoms with Gasteiger partial charge in [-0.1, -0.05) is 6.07 Å². The van der Waals surface area contributed by atoms with Crippen molar-refractivity contribution in [2.24, 2.45) is 5.73 Å². The number of rotatable bonds is 3. The molecule has 0 radical (unpaired) electrons. The van der Waals surface area contributed by atoms with E-state index < -0.39 is 0 Å². The van der Waals surface area contributed by atoms with Crippen LogP contribution in [0.4, 0.5) is 10.1 Å². The van der Waals surface area contributed by atoms with Gasteiger partial charge >= 0.3 is 0 Å². The average molecular weight is 252 g/mol. The van der Waals surface area contributed by atoms with Gasteiger partial charge in [-0.15, -0.1) is 0 Å². The van der Waals surface area contributed by atoms with Crippen LogP contribution in [0.1, 0.15) is 19.3 Å². The zero-order chi connectivity index (χ0) is 13.0. The summed E-state index contributed by atoms with van der Waals surface area (Å²) in [4.78, 5) is 2.12. The minimum absolute atomic E-state index is 0.121.